The summed E-state index contributed by atoms with van der Waals surface area (Å²) in [5, 5.41) is 26.2. The molecule has 210 valence electrons. The van der Waals surface area contributed by atoms with E-state index in [-0.39, 0.29) is 25.0 Å². The Hall–Kier alpha value is -4.20. The summed E-state index contributed by atoms with van der Waals surface area (Å²) in [7, 11) is 0. The van der Waals surface area contributed by atoms with Crippen LogP contribution >= 0.6 is 0 Å². The number of carboxylic acid groups (broad SMARTS) is 1. The predicted molar refractivity (Wildman–Crippen MR) is 135 cm³/mol. The smallest absolute Gasteiger partial charge is 0.326 e. The maximum Gasteiger partial charge on any atom is 0.326 e. The third-order valence-corrected chi connectivity index (χ3v) is 5.86. The lowest BCUT2D eigenvalue weighted by Crippen LogP contribution is -2.59. The lowest BCUT2D eigenvalue weighted by molar-refractivity contribution is -0.142. The molecule has 0 aliphatic rings. The highest BCUT2D eigenvalue weighted by Crippen LogP contribution is 2.13. The minimum absolute atomic E-state index is 0.00404. The van der Waals surface area contributed by atoms with Crippen molar-refractivity contribution in [2.75, 3.05) is 0 Å². The van der Waals surface area contributed by atoms with Crippen molar-refractivity contribution in [1.82, 2.24) is 16.0 Å². The topological polar surface area (TPSA) is 257 Å². The molecule has 0 aliphatic carbocycles. The molecule has 38 heavy (non-hydrogen) atoms. The van der Waals surface area contributed by atoms with E-state index in [4.69, 9.17) is 17.2 Å². The molecule has 0 fully saturated rings. The monoisotopic (exact) mass is 536 g/mol. The van der Waals surface area contributed by atoms with E-state index in [1.165, 1.54) is 24.3 Å². The lowest BCUT2D eigenvalue weighted by atomic mass is 9.96. The van der Waals surface area contributed by atoms with Crippen LogP contribution < -0.4 is 33.2 Å². The minimum atomic E-state index is -1.48. The number of nitrogens with two attached hydrogens (primary N) is 3. The van der Waals surface area contributed by atoms with Crippen LogP contribution in [0.3, 0.4) is 0 Å². The van der Waals surface area contributed by atoms with Crippen LogP contribution in [0.4, 0.5) is 0 Å². The fourth-order valence-corrected chi connectivity index (χ4v) is 3.40. The van der Waals surface area contributed by atoms with E-state index in [9.17, 15) is 39.0 Å². The van der Waals surface area contributed by atoms with E-state index in [1.807, 2.05) is 0 Å². The number of phenolic OH excluding ortho intramolecular Hbond substituents is 1. The number of hydrogen-bond donors (Lipinski definition) is 8. The van der Waals surface area contributed by atoms with E-state index >= 15 is 0 Å². The van der Waals surface area contributed by atoms with Gasteiger partial charge in [-0.1, -0.05) is 32.4 Å². The summed E-state index contributed by atoms with van der Waals surface area (Å²) < 4.78 is 0. The molecule has 14 heteroatoms. The Bertz CT molecular complexity index is 1020. The number of hydrogen-bond acceptors (Lipinski definition) is 8. The van der Waals surface area contributed by atoms with E-state index < -0.39 is 72.0 Å². The number of amides is 5. The average molecular weight is 537 g/mol. The molecule has 0 radical (unpaired) electrons. The third kappa shape index (κ3) is 10.8. The number of carbonyl (C=O) groups excluding carboxylic acids is 5. The van der Waals surface area contributed by atoms with Gasteiger partial charge in [0.15, 0.2) is 0 Å². The number of primary amides is 2. The molecule has 0 saturated carbocycles. The number of benzene rings is 1. The van der Waals surface area contributed by atoms with Crippen LogP contribution in [0.15, 0.2) is 24.3 Å². The number of carboxylic acids is 1. The average Bonchev–Trinajstić information content (AvgIpc) is 2.84. The molecule has 1 aromatic carbocycles. The molecule has 14 nitrogen and oxygen atoms in total. The van der Waals surface area contributed by atoms with Crippen molar-refractivity contribution in [2.45, 2.75) is 70.1 Å². The quantitative estimate of drug-likeness (QED) is 0.116. The number of aliphatic carboxylic acids is 1. The zero-order valence-corrected chi connectivity index (χ0v) is 21.3. The van der Waals surface area contributed by atoms with Gasteiger partial charge >= 0.3 is 5.97 Å². The summed E-state index contributed by atoms with van der Waals surface area (Å²) >= 11 is 0. The van der Waals surface area contributed by atoms with Crippen molar-refractivity contribution in [2.24, 2.45) is 23.1 Å². The first-order valence-corrected chi connectivity index (χ1v) is 12.0. The summed E-state index contributed by atoms with van der Waals surface area (Å²) in [6.45, 7) is 3.41. The summed E-state index contributed by atoms with van der Waals surface area (Å²) in [5.41, 5.74) is 16.5. The van der Waals surface area contributed by atoms with E-state index in [0.29, 0.717) is 12.0 Å². The zero-order chi connectivity index (χ0) is 29.0. The van der Waals surface area contributed by atoms with Crippen molar-refractivity contribution in [1.29, 1.82) is 0 Å². The van der Waals surface area contributed by atoms with Crippen LogP contribution in [0.25, 0.3) is 0 Å². The molecule has 0 aliphatic heterocycles. The second kappa shape index (κ2) is 15.1. The second-order valence-electron chi connectivity index (χ2n) is 8.98. The Kier molecular flexibility index (Phi) is 12.7. The maximum absolute atomic E-state index is 13.1. The fourth-order valence-electron chi connectivity index (χ4n) is 3.40. The Morgan fingerprint density at radius 1 is 0.868 bits per heavy atom. The van der Waals surface area contributed by atoms with Crippen molar-refractivity contribution < 1.29 is 39.0 Å². The number of aromatic hydroxyl groups is 1. The van der Waals surface area contributed by atoms with Gasteiger partial charge in [0.2, 0.25) is 29.5 Å². The van der Waals surface area contributed by atoms with Crippen LogP contribution in [-0.4, -0.2) is 69.9 Å². The van der Waals surface area contributed by atoms with Crippen molar-refractivity contribution >= 4 is 35.5 Å². The zero-order valence-electron chi connectivity index (χ0n) is 21.3. The summed E-state index contributed by atoms with van der Waals surface area (Å²) in [5.74, 6) is -5.92. The minimum Gasteiger partial charge on any atom is -0.508 e. The maximum atomic E-state index is 13.1. The Morgan fingerprint density at radius 2 is 1.45 bits per heavy atom. The third-order valence-electron chi connectivity index (χ3n) is 5.86. The molecule has 0 heterocycles. The Labute approximate surface area is 219 Å². The van der Waals surface area contributed by atoms with E-state index in [2.05, 4.69) is 16.0 Å². The van der Waals surface area contributed by atoms with Gasteiger partial charge in [-0.25, -0.2) is 4.79 Å². The van der Waals surface area contributed by atoms with Crippen molar-refractivity contribution in [3.8, 4) is 5.75 Å². The van der Waals surface area contributed by atoms with Gasteiger partial charge < -0.3 is 43.4 Å². The largest absolute Gasteiger partial charge is 0.508 e. The van der Waals surface area contributed by atoms with Crippen LogP contribution in [-0.2, 0) is 35.2 Å². The first-order valence-electron chi connectivity index (χ1n) is 12.0. The lowest BCUT2D eigenvalue weighted by Gasteiger charge is -2.28. The van der Waals surface area contributed by atoms with Crippen LogP contribution in [0, 0.1) is 5.92 Å². The first-order chi connectivity index (χ1) is 17.7. The van der Waals surface area contributed by atoms with Gasteiger partial charge in [0.25, 0.3) is 0 Å². The fraction of sp³-hybridized carbons (Fsp3) is 0.500. The molecule has 1 aromatic rings. The summed E-state index contributed by atoms with van der Waals surface area (Å²) in [4.78, 5) is 72.8. The van der Waals surface area contributed by atoms with Crippen LogP contribution in [0.1, 0.15) is 45.1 Å². The van der Waals surface area contributed by atoms with Gasteiger partial charge in [-0.05, 0) is 30.0 Å². The predicted octanol–water partition coefficient (Wildman–Crippen LogP) is -2.01. The highest BCUT2D eigenvalue weighted by atomic mass is 16.4. The van der Waals surface area contributed by atoms with Gasteiger partial charge in [0.1, 0.15) is 23.9 Å². The van der Waals surface area contributed by atoms with Crippen molar-refractivity contribution in [3.05, 3.63) is 29.8 Å². The van der Waals surface area contributed by atoms with Gasteiger partial charge in [0.05, 0.1) is 12.5 Å². The first kappa shape index (κ1) is 31.8. The molecule has 0 saturated heterocycles. The molecule has 11 N–H and O–H groups in total. The molecule has 0 bridgehead atoms. The number of phenols is 1. The Morgan fingerprint density at radius 3 is 1.95 bits per heavy atom. The number of nitrogens with one attached hydrogen (secondary N) is 3. The standard InChI is InChI=1S/C24H36N6O8/c1-3-12(2)20(23(36)29-17(24(37)38)10-13-4-6-14(31)7-5-13)30-22(35)16(11-19(27)33)28-21(34)15(25)8-9-18(26)32/h4-7,12,15-17,20,31H,3,8-11,25H2,1-2H3,(H2,26,32)(H2,27,33)(H,28,34)(H,29,36)(H,30,35)(H,37,38). The molecular formula is C24H36N6O8. The molecule has 1 rings (SSSR count). The summed E-state index contributed by atoms with van der Waals surface area (Å²) in [6.07, 6.45) is -0.549. The van der Waals surface area contributed by atoms with Gasteiger partial charge in [-0.15, -0.1) is 0 Å². The number of carbonyl (C=O) groups is 6. The highest BCUT2D eigenvalue weighted by Gasteiger charge is 2.33. The van der Waals surface area contributed by atoms with Crippen LogP contribution in [0.5, 0.6) is 5.75 Å². The summed E-state index contributed by atoms with van der Waals surface area (Å²) in [6, 6.07) is 0.538. The van der Waals surface area contributed by atoms with Gasteiger partial charge in [0, 0.05) is 12.8 Å². The molecule has 5 unspecified atom stereocenters. The van der Waals surface area contributed by atoms with E-state index in [1.54, 1.807) is 13.8 Å². The SMILES string of the molecule is CCC(C)C(NC(=O)C(CC(N)=O)NC(=O)C(N)CCC(N)=O)C(=O)NC(Cc1ccc(O)cc1)C(=O)O. The molecular weight excluding hydrogens is 500 g/mol. The van der Waals surface area contributed by atoms with Gasteiger partial charge in [-0.2, -0.15) is 0 Å². The molecule has 0 spiro atoms. The van der Waals surface area contributed by atoms with Gasteiger partial charge in [-0.3, -0.25) is 24.0 Å². The van der Waals surface area contributed by atoms with Crippen LogP contribution in [0.2, 0.25) is 0 Å². The normalized spacial score (nSPS) is 14.7. The molecule has 5 amide bonds. The highest BCUT2D eigenvalue weighted by molar-refractivity contribution is 5.96. The molecule has 5 atom stereocenters. The number of rotatable bonds is 16. The Balaban J connectivity index is 3.03. The van der Waals surface area contributed by atoms with E-state index in [0.717, 1.165) is 0 Å². The second-order valence-corrected chi connectivity index (χ2v) is 8.98. The van der Waals surface area contributed by atoms with Crippen molar-refractivity contribution in [3.63, 3.8) is 0 Å². The molecule has 0 aromatic heterocycles.